The van der Waals surface area contributed by atoms with Crippen LogP contribution in [0.1, 0.15) is 18.4 Å². The third kappa shape index (κ3) is 4.47. The topological polar surface area (TPSA) is 61.4 Å². The number of likely N-dealkylation sites (N-methyl/N-ethyl adjacent to an activating group) is 1. The Bertz CT molecular complexity index is 588. The Morgan fingerprint density at radius 2 is 2.10 bits per heavy atom. The van der Waals surface area contributed by atoms with Crippen LogP contribution in [0.25, 0.3) is 0 Å². The summed E-state index contributed by atoms with van der Waals surface area (Å²) in [4.78, 5) is 1.83. The maximum absolute atomic E-state index is 13.8. The van der Waals surface area contributed by atoms with Gasteiger partial charge < -0.3 is 10.2 Å². The Morgan fingerprint density at radius 3 is 2.71 bits per heavy atom. The molecule has 0 spiro atoms. The van der Waals surface area contributed by atoms with Crippen LogP contribution in [0.3, 0.4) is 0 Å². The molecule has 0 bridgehead atoms. The van der Waals surface area contributed by atoms with Crippen molar-refractivity contribution in [3.8, 4) is 0 Å². The van der Waals surface area contributed by atoms with E-state index in [1.54, 1.807) is 13.1 Å². The first kappa shape index (κ1) is 16.4. The summed E-state index contributed by atoms with van der Waals surface area (Å²) in [6, 6.07) is 4.72. The van der Waals surface area contributed by atoms with Gasteiger partial charge in [0.25, 0.3) is 0 Å². The Balaban J connectivity index is 2.01. The number of sulfonamides is 1. The van der Waals surface area contributed by atoms with Gasteiger partial charge in [-0.05, 0) is 44.6 Å². The van der Waals surface area contributed by atoms with E-state index in [1.165, 1.54) is 25.0 Å². The van der Waals surface area contributed by atoms with Crippen LogP contribution >= 0.6 is 0 Å². The van der Waals surface area contributed by atoms with E-state index >= 15 is 0 Å². The largest absolute Gasteiger partial charge is 0.316 e. The second kappa shape index (κ2) is 6.83. The first-order valence-corrected chi connectivity index (χ1v) is 8.55. The monoisotopic (exact) mass is 315 g/mol. The van der Waals surface area contributed by atoms with E-state index in [-0.39, 0.29) is 11.4 Å². The SMILES string of the molecule is CNCc1ccc(F)c(S(=O)(=O)NCCN(C)C2CC2)c1. The third-order valence-electron chi connectivity index (χ3n) is 3.59. The van der Waals surface area contributed by atoms with Gasteiger partial charge in [-0.3, -0.25) is 0 Å². The van der Waals surface area contributed by atoms with Gasteiger partial charge in [-0.15, -0.1) is 0 Å². The minimum atomic E-state index is -3.81. The summed E-state index contributed by atoms with van der Waals surface area (Å²) in [7, 11) is -0.0864. The van der Waals surface area contributed by atoms with Gasteiger partial charge in [-0.2, -0.15) is 0 Å². The lowest BCUT2D eigenvalue weighted by Crippen LogP contribution is -2.34. The predicted molar refractivity (Wildman–Crippen MR) is 80.0 cm³/mol. The Kier molecular flexibility index (Phi) is 5.32. The summed E-state index contributed by atoms with van der Waals surface area (Å²) in [6.45, 7) is 1.40. The Hall–Kier alpha value is -1.02. The summed E-state index contributed by atoms with van der Waals surface area (Å²) in [6.07, 6.45) is 2.34. The fourth-order valence-electron chi connectivity index (χ4n) is 2.20. The lowest BCUT2D eigenvalue weighted by atomic mass is 10.2. The molecule has 1 aliphatic carbocycles. The van der Waals surface area contributed by atoms with Gasteiger partial charge in [-0.1, -0.05) is 6.07 Å². The molecule has 1 saturated carbocycles. The van der Waals surface area contributed by atoms with Crippen LogP contribution in [-0.2, 0) is 16.6 Å². The number of hydrogen-bond acceptors (Lipinski definition) is 4. The van der Waals surface area contributed by atoms with Gasteiger partial charge in [0, 0.05) is 25.7 Å². The van der Waals surface area contributed by atoms with E-state index in [0.717, 1.165) is 5.56 Å². The highest BCUT2D eigenvalue weighted by Crippen LogP contribution is 2.24. The lowest BCUT2D eigenvalue weighted by molar-refractivity contribution is 0.329. The molecule has 0 amide bonds. The first-order valence-electron chi connectivity index (χ1n) is 7.07. The average Bonchev–Trinajstić information content (AvgIpc) is 3.25. The molecule has 1 fully saturated rings. The number of halogens is 1. The van der Waals surface area contributed by atoms with Crippen molar-refractivity contribution in [2.45, 2.75) is 30.3 Å². The van der Waals surface area contributed by atoms with Crippen molar-refractivity contribution in [1.82, 2.24) is 14.9 Å². The van der Waals surface area contributed by atoms with Crippen molar-refractivity contribution in [3.63, 3.8) is 0 Å². The third-order valence-corrected chi connectivity index (χ3v) is 5.07. The number of rotatable bonds is 8. The zero-order chi connectivity index (χ0) is 15.5. The molecule has 1 aromatic carbocycles. The fourth-order valence-corrected chi connectivity index (χ4v) is 3.35. The number of nitrogens with zero attached hydrogens (tertiary/aromatic N) is 1. The zero-order valence-corrected chi connectivity index (χ0v) is 13.2. The highest BCUT2D eigenvalue weighted by Gasteiger charge is 2.26. The molecule has 0 radical (unpaired) electrons. The molecule has 7 heteroatoms. The summed E-state index contributed by atoms with van der Waals surface area (Å²) >= 11 is 0. The number of hydrogen-bond donors (Lipinski definition) is 2. The average molecular weight is 315 g/mol. The quantitative estimate of drug-likeness (QED) is 0.749. The van der Waals surface area contributed by atoms with Crippen molar-refractivity contribution in [3.05, 3.63) is 29.6 Å². The van der Waals surface area contributed by atoms with Crippen molar-refractivity contribution in [1.29, 1.82) is 0 Å². The summed E-state index contributed by atoms with van der Waals surface area (Å²) < 4.78 is 40.6. The van der Waals surface area contributed by atoms with E-state index in [1.807, 2.05) is 7.05 Å². The molecule has 5 nitrogen and oxygen atoms in total. The van der Waals surface area contributed by atoms with E-state index < -0.39 is 15.8 Å². The van der Waals surface area contributed by atoms with Gasteiger partial charge in [0.1, 0.15) is 10.7 Å². The highest BCUT2D eigenvalue weighted by atomic mass is 32.2. The lowest BCUT2D eigenvalue weighted by Gasteiger charge is -2.16. The first-order chi connectivity index (χ1) is 9.94. The van der Waals surface area contributed by atoms with Crippen molar-refractivity contribution in [2.24, 2.45) is 0 Å². The molecule has 21 heavy (non-hydrogen) atoms. The van der Waals surface area contributed by atoms with Crippen LogP contribution in [0.4, 0.5) is 4.39 Å². The van der Waals surface area contributed by atoms with E-state index in [4.69, 9.17) is 0 Å². The summed E-state index contributed by atoms with van der Waals surface area (Å²) in [5.41, 5.74) is 0.731. The standard InChI is InChI=1S/C14H22FN3O2S/c1-16-10-11-3-6-13(15)14(9-11)21(19,20)17-7-8-18(2)12-4-5-12/h3,6,9,12,16-17H,4-5,7-8,10H2,1-2H3. The molecule has 1 aromatic rings. The van der Waals surface area contributed by atoms with Crippen LogP contribution in [-0.4, -0.2) is 46.5 Å². The highest BCUT2D eigenvalue weighted by molar-refractivity contribution is 7.89. The normalized spacial score (nSPS) is 15.6. The van der Waals surface area contributed by atoms with Crippen LogP contribution < -0.4 is 10.0 Å². The van der Waals surface area contributed by atoms with Crippen molar-refractivity contribution in [2.75, 3.05) is 27.2 Å². The van der Waals surface area contributed by atoms with E-state index in [2.05, 4.69) is 14.9 Å². The molecule has 2 rings (SSSR count). The minimum absolute atomic E-state index is 0.283. The second-order valence-corrected chi connectivity index (χ2v) is 7.14. The number of nitrogens with one attached hydrogen (secondary N) is 2. The molecular formula is C14H22FN3O2S. The van der Waals surface area contributed by atoms with Crippen LogP contribution in [0.2, 0.25) is 0 Å². The van der Waals surface area contributed by atoms with Gasteiger partial charge in [0.15, 0.2) is 0 Å². The molecule has 2 N–H and O–H groups in total. The van der Waals surface area contributed by atoms with Gasteiger partial charge in [0.2, 0.25) is 10.0 Å². The Labute approximate surface area is 125 Å². The van der Waals surface area contributed by atoms with Crippen LogP contribution in [0.15, 0.2) is 23.1 Å². The molecule has 0 atom stereocenters. The number of benzene rings is 1. The van der Waals surface area contributed by atoms with Gasteiger partial charge in [0.05, 0.1) is 0 Å². The van der Waals surface area contributed by atoms with Crippen LogP contribution in [0, 0.1) is 5.82 Å². The Morgan fingerprint density at radius 1 is 1.38 bits per heavy atom. The maximum atomic E-state index is 13.8. The van der Waals surface area contributed by atoms with Gasteiger partial charge >= 0.3 is 0 Å². The molecule has 0 aromatic heterocycles. The minimum Gasteiger partial charge on any atom is -0.316 e. The fraction of sp³-hybridized carbons (Fsp3) is 0.571. The predicted octanol–water partition coefficient (Wildman–Crippen LogP) is 0.918. The zero-order valence-electron chi connectivity index (χ0n) is 12.4. The summed E-state index contributed by atoms with van der Waals surface area (Å²) in [5, 5.41) is 2.92. The van der Waals surface area contributed by atoms with E-state index in [0.29, 0.717) is 19.1 Å². The van der Waals surface area contributed by atoms with Crippen molar-refractivity contribution < 1.29 is 12.8 Å². The van der Waals surface area contributed by atoms with Gasteiger partial charge in [-0.25, -0.2) is 17.5 Å². The molecule has 1 aliphatic rings. The van der Waals surface area contributed by atoms with Crippen LogP contribution in [0.5, 0.6) is 0 Å². The molecule has 0 aliphatic heterocycles. The molecular weight excluding hydrogens is 293 g/mol. The second-order valence-electron chi connectivity index (χ2n) is 5.40. The smallest absolute Gasteiger partial charge is 0.243 e. The molecule has 0 unspecified atom stereocenters. The maximum Gasteiger partial charge on any atom is 0.243 e. The van der Waals surface area contributed by atoms with E-state index in [9.17, 15) is 12.8 Å². The summed E-state index contributed by atoms with van der Waals surface area (Å²) in [5.74, 6) is -0.724. The molecule has 0 saturated heterocycles. The molecule has 0 heterocycles. The molecule has 118 valence electrons. The van der Waals surface area contributed by atoms with Crippen molar-refractivity contribution >= 4 is 10.0 Å².